The predicted molar refractivity (Wildman–Crippen MR) is 54.0 cm³/mol. The van der Waals surface area contributed by atoms with Crippen molar-refractivity contribution in [3.05, 3.63) is 29.0 Å². The van der Waals surface area contributed by atoms with Crippen molar-refractivity contribution >= 4 is 11.6 Å². The van der Waals surface area contributed by atoms with Crippen LogP contribution in [0.2, 0.25) is 5.15 Å². The van der Waals surface area contributed by atoms with E-state index < -0.39 is 0 Å². The highest BCUT2D eigenvalue weighted by atomic mass is 35.5. The van der Waals surface area contributed by atoms with Crippen molar-refractivity contribution in [3.8, 4) is 0 Å². The van der Waals surface area contributed by atoms with Gasteiger partial charge in [0.1, 0.15) is 5.15 Å². The molecule has 2 nitrogen and oxygen atoms in total. The number of nitrogens with one attached hydrogen (secondary N) is 1. The van der Waals surface area contributed by atoms with Crippen LogP contribution in [0.15, 0.2) is 18.3 Å². The van der Waals surface area contributed by atoms with E-state index in [1.165, 1.54) is 18.4 Å². The molecule has 1 saturated heterocycles. The fraction of sp³-hybridized carbons (Fsp3) is 0.500. The number of hydrogen-bond donors (Lipinski definition) is 1. The van der Waals surface area contributed by atoms with Crippen LogP contribution in [-0.4, -0.2) is 17.6 Å². The van der Waals surface area contributed by atoms with E-state index in [0.717, 1.165) is 13.0 Å². The third-order valence-corrected chi connectivity index (χ3v) is 2.66. The molecule has 0 amide bonds. The summed E-state index contributed by atoms with van der Waals surface area (Å²) >= 11 is 5.70. The summed E-state index contributed by atoms with van der Waals surface area (Å²) in [6.07, 6.45) is 5.51. The Morgan fingerprint density at radius 2 is 2.46 bits per heavy atom. The number of rotatable bonds is 2. The first-order valence-corrected chi connectivity index (χ1v) is 5.06. The summed E-state index contributed by atoms with van der Waals surface area (Å²) < 4.78 is 0. The molecule has 1 unspecified atom stereocenters. The Hall–Kier alpha value is -0.600. The maximum Gasteiger partial charge on any atom is 0.129 e. The van der Waals surface area contributed by atoms with Crippen LogP contribution in [0.25, 0.3) is 0 Å². The van der Waals surface area contributed by atoms with Crippen molar-refractivity contribution in [2.24, 2.45) is 0 Å². The average molecular weight is 197 g/mol. The fourth-order valence-corrected chi connectivity index (χ4v) is 1.85. The molecule has 0 saturated carbocycles. The molecule has 0 aliphatic carbocycles. The van der Waals surface area contributed by atoms with Gasteiger partial charge < -0.3 is 5.32 Å². The predicted octanol–water partition coefficient (Wildman–Crippen LogP) is 2.03. The fourth-order valence-electron chi connectivity index (χ4n) is 1.74. The molecule has 1 aliphatic heterocycles. The Morgan fingerprint density at radius 3 is 3.08 bits per heavy atom. The van der Waals surface area contributed by atoms with E-state index in [1.807, 2.05) is 12.3 Å². The zero-order valence-electron chi connectivity index (χ0n) is 7.46. The minimum atomic E-state index is 0.572. The molecule has 1 fully saturated rings. The lowest BCUT2D eigenvalue weighted by Gasteiger charge is -2.08. The van der Waals surface area contributed by atoms with Gasteiger partial charge in [-0.15, -0.1) is 0 Å². The Morgan fingerprint density at radius 1 is 1.54 bits per heavy atom. The Labute approximate surface area is 83.3 Å². The van der Waals surface area contributed by atoms with Crippen LogP contribution in [0.4, 0.5) is 0 Å². The first kappa shape index (κ1) is 8.97. The number of pyridine rings is 1. The lowest BCUT2D eigenvalue weighted by molar-refractivity contribution is 0.602. The number of halogens is 1. The number of aromatic nitrogens is 1. The second-order valence-corrected chi connectivity index (χ2v) is 3.87. The van der Waals surface area contributed by atoms with Gasteiger partial charge in [0.05, 0.1) is 0 Å². The minimum Gasteiger partial charge on any atom is -0.314 e. The molecular formula is C10H13ClN2. The highest BCUT2D eigenvalue weighted by molar-refractivity contribution is 6.29. The highest BCUT2D eigenvalue weighted by Gasteiger charge is 2.13. The standard InChI is InChI=1S/C10H13ClN2/c11-10-4-3-8(7-13-10)6-9-2-1-5-12-9/h3-4,7,9,12H,1-2,5-6H2. The maximum absolute atomic E-state index is 5.70. The molecule has 2 rings (SSSR count). The summed E-state index contributed by atoms with van der Waals surface area (Å²) in [4.78, 5) is 4.06. The van der Waals surface area contributed by atoms with E-state index in [9.17, 15) is 0 Å². The van der Waals surface area contributed by atoms with Crippen LogP contribution in [0.3, 0.4) is 0 Å². The van der Waals surface area contributed by atoms with Crippen molar-refractivity contribution in [1.29, 1.82) is 0 Å². The van der Waals surface area contributed by atoms with Crippen LogP contribution >= 0.6 is 11.6 Å². The summed E-state index contributed by atoms with van der Waals surface area (Å²) in [6, 6.07) is 4.55. The van der Waals surface area contributed by atoms with Crippen LogP contribution in [0.5, 0.6) is 0 Å². The van der Waals surface area contributed by atoms with Gasteiger partial charge in [0.15, 0.2) is 0 Å². The van der Waals surface area contributed by atoms with Crippen LogP contribution in [0.1, 0.15) is 18.4 Å². The molecule has 1 aliphatic rings. The normalized spacial score (nSPS) is 22.1. The average Bonchev–Trinajstić information content (AvgIpc) is 2.62. The van der Waals surface area contributed by atoms with Crippen molar-refractivity contribution in [3.63, 3.8) is 0 Å². The zero-order valence-corrected chi connectivity index (χ0v) is 8.22. The topological polar surface area (TPSA) is 24.9 Å². The smallest absolute Gasteiger partial charge is 0.129 e. The minimum absolute atomic E-state index is 0.572. The van der Waals surface area contributed by atoms with Gasteiger partial charge in [0, 0.05) is 12.2 Å². The summed E-state index contributed by atoms with van der Waals surface area (Å²) in [5.41, 5.74) is 1.27. The van der Waals surface area contributed by atoms with Gasteiger partial charge in [0.2, 0.25) is 0 Å². The third kappa shape index (κ3) is 2.42. The SMILES string of the molecule is Clc1ccc(CC2CCCN2)cn1. The van der Waals surface area contributed by atoms with E-state index in [-0.39, 0.29) is 0 Å². The van der Waals surface area contributed by atoms with Gasteiger partial charge >= 0.3 is 0 Å². The molecule has 2 heterocycles. The second kappa shape index (κ2) is 4.07. The molecule has 1 N–H and O–H groups in total. The summed E-state index contributed by atoms with van der Waals surface area (Å²) in [6.45, 7) is 1.16. The number of nitrogens with zero attached hydrogens (tertiary/aromatic N) is 1. The molecule has 0 bridgehead atoms. The van der Waals surface area contributed by atoms with Crippen molar-refractivity contribution < 1.29 is 0 Å². The molecule has 0 radical (unpaired) electrons. The Bertz CT molecular complexity index is 265. The van der Waals surface area contributed by atoms with Gasteiger partial charge in [-0.25, -0.2) is 4.98 Å². The molecule has 70 valence electrons. The second-order valence-electron chi connectivity index (χ2n) is 3.49. The van der Waals surface area contributed by atoms with Gasteiger partial charge in [-0.3, -0.25) is 0 Å². The quantitative estimate of drug-likeness (QED) is 0.733. The Kier molecular flexibility index (Phi) is 2.81. The lowest BCUT2D eigenvalue weighted by Crippen LogP contribution is -2.23. The molecular weight excluding hydrogens is 184 g/mol. The van der Waals surface area contributed by atoms with Crippen molar-refractivity contribution in [2.75, 3.05) is 6.54 Å². The highest BCUT2D eigenvalue weighted by Crippen LogP contribution is 2.12. The van der Waals surface area contributed by atoms with E-state index in [4.69, 9.17) is 11.6 Å². The molecule has 13 heavy (non-hydrogen) atoms. The van der Waals surface area contributed by atoms with E-state index in [2.05, 4.69) is 16.4 Å². The first-order chi connectivity index (χ1) is 6.34. The van der Waals surface area contributed by atoms with Crippen molar-refractivity contribution in [2.45, 2.75) is 25.3 Å². The van der Waals surface area contributed by atoms with Gasteiger partial charge in [-0.05, 0) is 37.4 Å². The zero-order chi connectivity index (χ0) is 9.10. The Balaban J connectivity index is 1.97. The lowest BCUT2D eigenvalue weighted by atomic mass is 10.1. The van der Waals surface area contributed by atoms with Crippen molar-refractivity contribution in [1.82, 2.24) is 10.3 Å². The van der Waals surface area contributed by atoms with Gasteiger partial charge in [-0.1, -0.05) is 17.7 Å². The van der Waals surface area contributed by atoms with Crippen LogP contribution in [-0.2, 0) is 6.42 Å². The molecule has 0 spiro atoms. The molecule has 3 heteroatoms. The van der Waals surface area contributed by atoms with Gasteiger partial charge in [0.25, 0.3) is 0 Å². The summed E-state index contributed by atoms with van der Waals surface area (Å²) in [5.74, 6) is 0. The third-order valence-electron chi connectivity index (χ3n) is 2.43. The summed E-state index contributed by atoms with van der Waals surface area (Å²) in [7, 11) is 0. The van der Waals surface area contributed by atoms with E-state index in [1.54, 1.807) is 0 Å². The molecule has 1 aromatic rings. The van der Waals surface area contributed by atoms with Crippen LogP contribution in [0, 0.1) is 0 Å². The molecule has 1 atom stereocenters. The van der Waals surface area contributed by atoms with Crippen LogP contribution < -0.4 is 5.32 Å². The largest absolute Gasteiger partial charge is 0.314 e. The van der Waals surface area contributed by atoms with Gasteiger partial charge in [-0.2, -0.15) is 0 Å². The molecule has 0 aromatic carbocycles. The number of hydrogen-bond acceptors (Lipinski definition) is 2. The monoisotopic (exact) mass is 196 g/mol. The maximum atomic E-state index is 5.70. The summed E-state index contributed by atoms with van der Waals surface area (Å²) in [5, 5.41) is 4.03. The first-order valence-electron chi connectivity index (χ1n) is 4.68. The van der Waals surface area contributed by atoms with E-state index >= 15 is 0 Å². The molecule has 1 aromatic heterocycles. The van der Waals surface area contributed by atoms with E-state index in [0.29, 0.717) is 11.2 Å².